The normalized spacial score (nSPS) is 11.8. The maximum Gasteiger partial charge on any atom is 0.0700 e. The van der Waals surface area contributed by atoms with E-state index >= 15 is 0 Å². The second-order valence-corrected chi connectivity index (χ2v) is 2.45. The van der Waals surface area contributed by atoms with Gasteiger partial charge in [0.25, 0.3) is 0 Å². The summed E-state index contributed by atoms with van der Waals surface area (Å²) < 4.78 is 9.67. The third kappa shape index (κ3) is 22.5. The Balaban J connectivity index is 0. The number of aliphatic hydroxyl groups is 1. The maximum absolute atomic E-state index is 8.36. The molecule has 0 saturated heterocycles. The van der Waals surface area contributed by atoms with E-state index in [0.717, 1.165) is 13.0 Å². The van der Waals surface area contributed by atoms with Gasteiger partial charge in [-0.25, -0.2) is 0 Å². The van der Waals surface area contributed by atoms with E-state index < -0.39 is 0 Å². The molecule has 0 fully saturated rings. The van der Waals surface area contributed by atoms with Crippen molar-refractivity contribution in [2.75, 3.05) is 26.9 Å². The fraction of sp³-hybridized carbons (Fsp3) is 1.00. The average molecular weight is 178 g/mol. The summed E-state index contributed by atoms with van der Waals surface area (Å²) in [6, 6.07) is 0. The van der Waals surface area contributed by atoms with E-state index in [0.29, 0.717) is 13.2 Å². The highest BCUT2D eigenvalue weighted by Gasteiger charge is 1.81. The molecular weight excluding hydrogens is 156 g/mol. The minimum absolute atomic E-state index is 0.116. The third-order valence-electron chi connectivity index (χ3n) is 1.23. The molecule has 1 N–H and O–H groups in total. The van der Waals surface area contributed by atoms with Crippen LogP contribution >= 0.6 is 0 Å². The van der Waals surface area contributed by atoms with Crippen LogP contribution in [0.2, 0.25) is 0 Å². The van der Waals surface area contributed by atoms with Crippen molar-refractivity contribution in [1.82, 2.24) is 0 Å². The zero-order valence-corrected chi connectivity index (χ0v) is 8.67. The summed E-state index contributed by atoms with van der Waals surface area (Å²) in [5, 5.41) is 8.36. The molecule has 1 unspecified atom stereocenters. The molecule has 0 amide bonds. The number of hydrogen-bond acceptors (Lipinski definition) is 3. The minimum atomic E-state index is -0.116. The van der Waals surface area contributed by atoms with Gasteiger partial charge in [0.05, 0.1) is 19.3 Å². The van der Waals surface area contributed by atoms with Gasteiger partial charge in [-0.3, -0.25) is 0 Å². The molecule has 0 aliphatic heterocycles. The summed E-state index contributed by atoms with van der Waals surface area (Å²) in [6.07, 6.45) is 0.745. The lowest BCUT2D eigenvalue weighted by molar-refractivity contribution is 0.0777. The van der Waals surface area contributed by atoms with Crippen molar-refractivity contribution in [3.05, 3.63) is 0 Å². The Morgan fingerprint density at radius 1 is 1.25 bits per heavy atom. The highest BCUT2D eigenvalue weighted by atomic mass is 16.5. The van der Waals surface area contributed by atoms with Crippen molar-refractivity contribution in [2.24, 2.45) is 0 Å². The Kier molecular flexibility index (Phi) is 16.2. The molecule has 0 heterocycles. The molecule has 1 atom stereocenters. The zero-order chi connectivity index (χ0) is 9.82. The Morgan fingerprint density at radius 3 is 2.00 bits per heavy atom. The molecular formula is C9H22O3. The van der Waals surface area contributed by atoms with Crippen LogP contribution in [0.15, 0.2) is 0 Å². The van der Waals surface area contributed by atoms with Crippen molar-refractivity contribution in [2.45, 2.75) is 33.3 Å². The molecule has 0 aromatic heterocycles. The van der Waals surface area contributed by atoms with Crippen molar-refractivity contribution in [3.63, 3.8) is 0 Å². The standard InChI is InChI=1S/C5H12O2.C4H10O/c1-3-7-5-4-6-2;1-3-4(2)5/h3-5H2,1-2H3;4-5H,3H2,1-2H3. The smallest absolute Gasteiger partial charge is 0.0700 e. The topological polar surface area (TPSA) is 38.7 Å². The molecule has 0 saturated carbocycles. The van der Waals surface area contributed by atoms with Gasteiger partial charge in [-0.05, 0) is 20.3 Å². The van der Waals surface area contributed by atoms with Gasteiger partial charge in [-0.15, -0.1) is 0 Å². The maximum atomic E-state index is 8.36. The lowest BCUT2D eigenvalue weighted by atomic mass is 10.3. The molecule has 3 heteroatoms. The van der Waals surface area contributed by atoms with Crippen LogP contribution in [0.4, 0.5) is 0 Å². The fourth-order valence-electron chi connectivity index (χ4n) is 0.287. The van der Waals surface area contributed by atoms with Gasteiger partial charge in [0.1, 0.15) is 0 Å². The number of methoxy groups -OCH3 is 1. The first-order valence-electron chi connectivity index (χ1n) is 4.43. The van der Waals surface area contributed by atoms with Gasteiger partial charge in [0, 0.05) is 13.7 Å². The van der Waals surface area contributed by atoms with E-state index in [2.05, 4.69) is 0 Å². The van der Waals surface area contributed by atoms with E-state index in [1.54, 1.807) is 14.0 Å². The van der Waals surface area contributed by atoms with Crippen molar-refractivity contribution < 1.29 is 14.6 Å². The van der Waals surface area contributed by atoms with Crippen LogP contribution in [0.3, 0.4) is 0 Å². The molecule has 0 aliphatic carbocycles. The first-order chi connectivity index (χ1) is 5.68. The first-order valence-corrected chi connectivity index (χ1v) is 4.43. The van der Waals surface area contributed by atoms with Crippen molar-refractivity contribution in [3.8, 4) is 0 Å². The predicted molar refractivity (Wildman–Crippen MR) is 50.3 cm³/mol. The summed E-state index contributed by atoms with van der Waals surface area (Å²) in [5.41, 5.74) is 0. The van der Waals surface area contributed by atoms with Crippen LogP contribution in [0.1, 0.15) is 27.2 Å². The Bertz CT molecular complexity index is 60.8. The van der Waals surface area contributed by atoms with Gasteiger partial charge >= 0.3 is 0 Å². The van der Waals surface area contributed by atoms with Gasteiger partial charge < -0.3 is 14.6 Å². The molecule has 0 bridgehead atoms. The van der Waals surface area contributed by atoms with E-state index in [4.69, 9.17) is 14.6 Å². The van der Waals surface area contributed by atoms with Gasteiger partial charge in [-0.2, -0.15) is 0 Å². The molecule has 0 spiro atoms. The molecule has 76 valence electrons. The van der Waals surface area contributed by atoms with Crippen LogP contribution in [0, 0.1) is 0 Å². The molecule has 12 heavy (non-hydrogen) atoms. The third-order valence-corrected chi connectivity index (χ3v) is 1.23. The van der Waals surface area contributed by atoms with Crippen molar-refractivity contribution >= 4 is 0 Å². The number of aliphatic hydroxyl groups excluding tert-OH is 1. The van der Waals surface area contributed by atoms with Crippen molar-refractivity contribution in [1.29, 1.82) is 0 Å². The average Bonchev–Trinajstić information content (AvgIpc) is 2.07. The highest BCUT2D eigenvalue weighted by Crippen LogP contribution is 1.81. The molecule has 0 aromatic rings. The summed E-state index contributed by atoms with van der Waals surface area (Å²) in [7, 11) is 1.67. The SMILES string of the molecule is CCC(C)O.CCOCCOC. The Morgan fingerprint density at radius 2 is 1.75 bits per heavy atom. The minimum Gasteiger partial charge on any atom is -0.393 e. The lowest BCUT2D eigenvalue weighted by Crippen LogP contribution is -2.00. The van der Waals surface area contributed by atoms with Crippen LogP contribution in [-0.4, -0.2) is 38.1 Å². The van der Waals surface area contributed by atoms with Crippen LogP contribution in [0.5, 0.6) is 0 Å². The van der Waals surface area contributed by atoms with E-state index in [1.807, 2.05) is 13.8 Å². The lowest BCUT2D eigenvalue weighted by Gasteiger charge is -1.96. The second-order valence-electron chi connectivity index (χ2n) is 2.45. The molecule has 0 aromatic carbocycles. The fourth-order valence-corrected chi connectivity index (χ4v) is 0.287. The van der Waals surface area contributed by atoms with Crippen LogP contribution in [0.25, 0.3) is 0 Å². The second kappa shape index (κ2) is 13.5. The highest BCUT2D eigenvalue weighted by molar-refractivity contribution is 4.34. The number of rotatable bonds is 5. The van der Waals surface area contributed by atoms with E-state index in [-0.39, 0.29) is 6.10 Å². The summed E-state index contributed by atoms with van der Waals surface area (Å²) in [5.74, 6) is 0. The monoisotopic (exact) mass is 178 g/mol. The molecule has 3 nitrogen and oxygen atoms in total. The van der Waals surface area contributed by atoms with E-state index in [1.165, 1.54) is 0 Å². The Hall–Kier alpha value is -0.120. The summed E-state index contributed by atoms with van der Waals surface area (Å²) >= 11 is 0. The van der Waals surface area contributed by atoms with Crippen LogP contribution in [-0.2, 0) is 9.47 Å². The Labute approximate surface area is 75.7 Å². The van der Waals surface area contributed by atoms with Crippen LogP contribution < -0.4 is 0 Å². The van der Waals surface area contributed by atoms with E-state index in [9.17, 15) is 0 Å². The molecule has 0 aliphatic rings. The largest absolute Gasteiger partial charge is 0.393 e. The number of ether oxygens (including phenoxy) is 2. The quantitative estimate of drug-likeness (QED) is 0.647. The first kappa shape index (κ1) is 14.4. The van der Waals surface area contributed by atoms with Gasteiger partial charge in [0.15, 0.2) is 0 Å². The predicted octanol–water partition coefficient (Wildman–Crippen LogP) is 1.45. The number of hydrogen-bond donors (Lipinski definition) is 1. The molecule has 0 radical (unpaired) electrons. The zero-order valence-electron chi connectivity index (χ0n) is 8.67. The van der Waals surface area contributed by atoms with Gasteiger partial charge in [0.2, 0.25) is 0 Å². The summed E-state index contributed by atoms with van der Waals surface area (Å²) in [6.45, 7) is 7.89. The summed E-state index contributed by atoms with van der Waals surface area (Å²) in [4.78, 5) is 0. The molecule has 0 rings (SSSR count). The van der Waals surface area contributed by atoms with Gasteiger partial charge in [-0.1, -0.05) is 6.92 Å².